The molecule has 17 heavy (non-hydrogen) atoms. The molecule has 0 aliphatic rings. The maximum absolute atomic E-state index is 11.0. The van der Waals surface area contributed by atoms with E-state index >= 15 is 0 Å². The molecule has 7 heteroatoms. The molecule has 0 spiro atoms. The van der Waals surface area contributed by atoms with Crippen LogP contribution in [0.5, 0.6) is 5.75 Å². The van der Waals surface area contributed by atoms with Crippen molar-refractivity contribution in [3.05, 3.63) is 27.3 Å². The van der Waals surface area contributed by atoms with E-state index in [0.717, 1.165) is 6.07 Å². The van der Waals surface area contributed by atoms with Crippen LogP contribution in [0.2, 0.25) is 0 Å². The zero-order valence-electron chi connectivity index (χ0n) is 9.60. The van der Waals surface area contributed by atoms with Gasteiger partial charge in [-0.1, -0.05) is 0 Å². The summed E-state index contributed by atoms with van der Waals surface area (Å²) < 4.78 is 5.02. The second-order valence-electron chi connectivity index (χ2n) is 3.29. The van der Waals surface area contributed by atoms with E-state index in [9.17, 15) is 14.9 Å². The lowest BCUT2D eigenvalue weighted by Crippen LogP contribution is -2.07. The molecule has 0 saturated heterocycles. The van der Waals surface area contributed by atoms with Crippen molar-refractivity contribution in [1.82, 2.24) is 0 Å². The zero-order valence-corrected chi connectivity index (χ0v) is 9.60. The fourth-order valence-electron chi connectivity index (χ4n) is 1.61. The Balaban J connectivity index is 3.67. The van der Waals surface area contributed by atoms with E-state index in [1.807, 2.05) is 0 Å². The first kappa shape index (κ1) is 12.8. The molecule has 0 amide bonds. The maximum Gasteiger partial charge on any atom is 0.336 e. The van der Waals surface area contributed by atoms with E-state index in [0.29, 0.717) is 5.56 Å². The highest BCUT2D eigenvalue weighted by Crippen LogP contribution is 2.38. The monoisotopic (exact) mass is 240 g/mol. The number of hydrogen-bond acceptors (Lipinski definition) is 5. The van der Waals surface area contributed by atoms with Gasteiger partial charge < -0.3 is 15.2 Å². The van der Waals surface area contributed by atoms with Crippen LogP contribution in [0.3, 0.4) is 0 Å². The summed E-state index contributed by atoms with van der Waals surface area (Å²) in [6.45, 7) is 1.53. The second-order valence-corrected chi connectivity index (χ2v) is 3.29. The molecule has 0 radical (unpaired) electrons. The molecule has 0 unspecified atom stereocenters. The number of carboxylic acid groups (broad SMARTS) is 1. The fourth-order valence-corrected chi connectivity index (χ4v) is 1.61. The molecule has 2 N–H and O–H groups in total. The summed E-state index contributed by atoms with van der Waals surface area (Å²) in [6, 6.07) is 1.02. The number of anilines is 1. The molecule has 1 aromatic rings. The minimum atomic E-state index is -1.23. The molecule has 0 fully saturated rings. The van der Waals surface area contributed by atoms with Crippen molar-refractivity contribution in [3.63, 3.8) is 0 Å². The van der Waals surface area contributed by atoms with Gasteiger partial charge in [-0.25, -0.2) is 4.79 Å². The summed E-state index contributed by atoms with van der Waals surface area (Å²) in [4.78, 5) is 21.2. The molecular weight excluding hydrogens is 228 g/mol. The van der Waals surface area contributed by atoms with Crippen LogP contribution in [0.4, 0.5) is 11.4 Å². The van der Waals surface area contributed by atoms with Gasteiger partial charge in [0.2, 0.25) is 0 Å². The smallest absolute Gasteiger partial charge is 0.336 e. The Bertz CT molecular complexity index is 484. The predicted octanol–water partition coefficient (Wildman–Crippen LogP) is 1.65. The molecule has 0 bridgehead atoms. The molecule has 0 aromatic heterocycles. The minimum absolute atomic E-state index is 0.146. The Labute approximate surface area is 97.2 Å². The molecule has 7 nitrogen and oxygen atoms in total. The summed E-state index contributed by atoms with van der Waals surface area (Å²) in [7, 11) is 2.84. The minimum Gasteiger partial charge on any atom is -0.494 e. The number of benzene rings is 1. The predicted molar refractivity (Wildman–Crippen MR) is 60.9 cm³/mol. The summed E-state index contributed by atoms with van der Waals surface area (Å²) in [5.74, 6) is -1.06. The lowest BCUT2D eigenvalue weighted by Gasteiger charge is -2.13. The third-order valence-corrected chi connectivity index (χ3v) is 2.39. The molecule has 0 aliphatic carbocycles. The third-order valence-electron chi connectivity index (χ3n) is 2.39. The lowest BCUT2D eigenvalue weighted by molar-refractivity contribution is -0.384. The standard InChI is InChI=1S/C10H12N2O5/c1-5-6(10(13)14)4-7(12(15)16)8(11-2)9(5)17-3/h4,11H,1-3H3,(H,13,14). The third kappa shape index (κ3) is 2.12. The van der Waals surface area contributed by atoms with Gasteiger partial charge in [-0.2, -0.15) is 0 Å². The Morgan fingerprint density at radius 2 is 2.18 bits per heavy atom. The molecular formula is C10H12N2O5. The number of carboxylic acids is 1. The topological polar surface area (TPSA) is 102 Å². The molecule has 0 heterocycles. The Morgan fingerprint density at radius 3 is 2.53 bits per heavy atom. The number of rotatable bonds is 4. The van der Waals surface area contributed by atoms with E-state index < -0.39 is 10.9 Å². The van der Waals surface area contributed by atoms with Crippen LogP contribution in [0.15, 0.2) is 6.07 Å². The van der Waals surface area contributed by atoms with Gasteiger partial charge in [0, 0.05) is 18.7 Å². The van der Waals surface area contributed by atoms with Crippen LogP contribution in [0, 0.1) is 17.0 Å². The van der Waals surface area contributed by atoms with E-state index in [1.165, 1.54) is 21.1 Å². The number of nitrogens with one attached hydrogen (secondary N) is 1. The average molecular weight is 240 g/mol. The largest absolute Gasteiger partial charge is 0.494 e. The van der Waals surface area contributed by atoms with E-state index in [-0.39, 0.29) is 22.7 Å². The average Bonchev–Trinajstić information content (AvgIpc) is 2.27. The molecule has 1 aromatic carbocycles. The molecule has 0 aliphatic heterocycles. The number of aromatic carboxylic acids is 1. The maximum atomic E-state index is 11.0. The SMILES string of the molecule is CNc1c([N+](=O)[O-])cc(C(=O)O)c(C)c1OC. The van der Waals surface area contributed by atoms with Crippen LogP contribution in [0.1, 0.15) is 15.9 Å². The van der Waals surface area contributed by atoms with Crippen molar-refractivity contribution in [2.45, 2.75) is 6.92 Å². The summed E-state index contributed by atoms with van der Waals surface area (Å²) in [5, 5.41) is 22.5. The molecule has 0 atom stereocenters. The van der Waals surface area contributed by atoms with Gasteiger partial charge in [0.05, 0.1) is 17.6 Å². The number of nitro groups is 1. The zero-order chi connectivity index (χ0) is 13.2. The second kappa shape index (κ2) is 4.69. The highest BCUT2D eigenvalue weighted by atomic mass is 16.6. The van der Waals surface area contributed by atoms with Crippen LogP contribution >= 0.6 is 0 Å². The van der Waals surface area contributed by atoms with Crippen LogP contribution in [-0.4, -0.2) is 30.2 Å². The first-order valence-corrected chi connectivity index (χ1v) is 4.71. The van der Waals surface area contributed by atoms with E-state index in [2.05, 4.69) is 5.32 Å². The lowest BCUT2D eigenvalue weighted by atomic mass is 10.0. The van der Waals surface area contributed by atoms with Crippen molar-refractivity contribution in [3.8, 4) is 5.75 Å². The van der Waals surface area contributed by atoms with Gasteiger partial charge in [-0.3, -0.25) is 10.1 Å². The number of ether oxygens (including phenoxy) is 1. The molecule has 0 saturated carbocycles. The van der Waals surface area contributed by atoms with Crippen LogP contribution in [-0.2, 0) is 0 Å². The summed E-state index contributed by atoms with van der Waals surface area (Å²) in [5.41, 5.74) is 0.0369. The highest BCUT2D eigenvalue weighted by Gasteiger charge is 2.25. The molecule has 92 valence electrons. The number of hydrogen-bond donors (Lipinski definition) is 2. The number of nitro benzene ring substituents is 1. The van der Waals surface area contributed by atoms with Gasteiger partial charge in [-0.15, -0.1) is 0 Å². The Morgan fingerprint density at radius 1 is 1.59 bits per heavy atom. The first-order chi connectivity index (χ1) is 7.93. The van der Waals surface area contributed by atoms with Gasteiger partial charge in [0.25, 0.3) is 5.69 Å². The summed E-state index contributed by atoms with van der Waals surface area (Å²) in [6.07, 6.45) is 0. The Hall–Kier alpha value is -2.31. The van der Waals surface area contributed by atoms with Gasteiger partial charge in [-0.05, 0) is 6.92 Å². The van der Waals surface area contributed by atoms with Crippen LogP contribution < -0.4 is 10.1 Å². The van der Waals surface area contributed by atoms with Crippen molar-refractivity contribution < 1.29 is 19.6 Å². The van der Waals surface area contributed by atoms with E-state index in [1.54, 1.807) is 0 Å². The normalized spacial score (nSPS) is 9.82. The van der Waals surface area contributed by atoms with Crippen molar-refractivity contribution >= 4 is 17.3 Å². The Kier molecular flexibility index (Phi) is 3.52. The first-order valence-electron chi connectivity index (χ1n) is 4.71. The van der Waals surface area contributed by atoms with E-state index in [4.69, 9.17) is 9.84 Å². The van der Waals surface area contributed by atoms with Gasteiger partial charge in [0.1, 0.15) is 0 Å². The quantitative estimate of drug-likeness (QED) is 0.612. The number of carbonyl (C=O) groups is 1. The van der Waals surface area contributed by atoms with Crippen molar-refractivity contribution in [2.24, 2.45) is 0 Å². The molecule has 1 rings (SSSR count). The number of nitrogens with zero attached hydrogens (tertiary/aromatic N) is 1. The van der Waals surface area contributed by atoms with Crippen molar-refractivity contribution in [2.75, 3.05) is 19.5 Å². The van der Waals surface area contributed by atoms with Crippen LogP contribution in [0.25, 0.3) is 0 Å². The highest BCUT2D eigenvalue weighted by molar-refractivity contribution is 5.93. The van der Waals surface area contributed by atoms with Crippen molar-refractivity contribution in [1.29, 1.82) is 0 Å². The number of methoxy groups -OCH3 is 1. The summed E-state index contributed by atoms with van der Waals surface area (Å²) >= 11 is 0. The van der Waals surface area contributed by atoms with Gasteiger partial charge in [0.15, 0.2) is 11.4 Å². The van der Waals surface area contributed by atoms with Gasteiger partial charge >= 0.3 is 5.97 Å². The fraction of sp³-hybridized carbons (Fsp3) is 0.300.